The molecule has 1 amide bonds. The van der Waals surface area contributed by atoms with E-state index >= 15 is 0 Å². The van der Waals surface area contributed by atoms with Crippen molar-refractivity contribution >= 4 is 23.2 Å². The number of carbonyl (C=O) groups is 1. The summed E-state index contributed by atoms with van der Waals surface area (Å²) in [5, 5.41) is 3.60. The number of rotatable bonds is 6. The van der Waals surface area contributed by atoms with E-state index in [9.17, 15) is 4.79 Å². The summed E-state index contributed by atoms with van der Waals surface area (Å²) in [6.07, 6.45) is 1.69. The molecule has 0 radical (unpaired) electrons. The Balaban J connectivity index is 1.56. The Kier molecular flexibility index (Phi) is 6.64. The van der Waals surface area contributed by atoms with Gasteiger partial charge in [0.25, 0.3) is 0 Å². The third-order valence-electron chi connectivity index (χ3n) is 5.51. The van der Waals surface area contributed by atoms with Gasteiger partial charge in [-0.25, -0.2) is 0 Å². The van der Waals surface area contributed by atoms with Crippen LogP contribution in [0.5, 0.6) is 0 Å². The van der Waals surface area contributed by atoms with Crippen LogP contribution in [0, 0.1) is 6.92 Å². The number of nitrogens with one attached hydrogen (secondary N) is 1. The minimum Gasteiger partial charge on any atom is -0.325 e. The van der Waals surface area contributed by atoms with Gasteiger partial charge >= 0.3 is 0 Å². The van der Waals surface area contributed by atoms with Crippen molar-refractivity contribution in [3.05, 3.63) is 119 Å². The number of hydrogen-bond donors (Lipinski definition) is 2. The molecule has 4 aromatic rings. The van der Waals surface area contributed by atoms with Gasteiger partial charge in [0.05, 0.1) is 11.1 Å². The lowest BCUT2D eigenvalue weighted by atomic mass is 9.85. The SMILES string of the molecule is Cc1nccc(Cl)c1-c1ccc(NC(=O)C(N)C(c2ccccc2)c2ccccc2)cc1. The van der Waals surface area contributed by atoms with Gasteiger partial charge in [-0.05, 0) is 41.8 Å². The van der Waals surface area contributed by atoms with Crippen molar-refractivity contribution in [1.82, 2.24) is 4.98 Å². The fourth-order valence-electron chi connectivity index (χ4n) is 3.91. The molecule has 5 heteroatoms. The number of halogens is 1. The second-order valence-corrected chi connectivity index (χ2v) is 8.05. The summed E-state index contributed by atoms with van der Waals surface area (Å²) in [5.41, 5.74) is 11.8. The van der Waals surface area contributed by atoms with Crippen molar-refractivity contribution < 1.29 is 4.79 Å². The predicted molar refractivity (Wildman–Crippen MR) is 131 cm³/mol. The van der Waals surface area contributed by atoms with E-state index in [4.69, 9.17) is 17.3 Å². The maximum Gasteiger partial charge on any atom is 0.242 e. The van der Waals surface area contributed by atoms with Crippen LogP contribution in [0.2, 0.25) is 5.02 Å². The zero-order valence-electron chi connectivity index (χ0n) is 17.7. The highest BCUT2D eigenvalue weighted by atomic mass is 35.5. The number of aromatic nitrogens is 1. The first-order valence-corrected chi connectivity index (χ1v) is 10.8. The Morgan fingerprint density at radius 1 is 0.875 bits per heavy atom. The van der Waals surface area contributed by atoms with Crippen molar-refractivity contribution in [2.75, 3.05) is 5.32 Å². The maximum absolute atomic E-state index is 13.1. The van der Waals surface area contributed by atoms with Crippen molar-refractivity contribution in [2.24, 2.45) is 5.73 Å². The molecule has 0 aliphatic heterocycles. The van der Waals surface area contributed by atoms with E-state index in [-0.39, 0.29) is 11.8 Å². The van der Waals surface area contributed by atoms with Crippen molar-refractivity contribution in [2.45, 2.75) is 18.9 Å². The molecular weight excluding hydrogens is 418 g/mol. The number of anilines is 1. The third kappa shape index (κ3) is 4.72. The lowest BCUT2D eigenvalue weighted by Gasteiger charge is -2.24. The second kappa shape index (κ2) is 9.77. The smallest absolute Gasteiger partial charge is 0.242 e. The molecule has 0 aliphatic rings. The molecule has 4 rings (SSSR count). The van der Waals surface area contributed by atoms with E-state index in [1.54, 1.807) is 12.3 Å². The highest BCUT2D eigenvalue weighted by Crippen LogP contribution is 2.31. The summed E-state index contributed by atoms with van der Waals surface area (Å²) < 4.78 is 0. The summed E-state index contributed by atoms with van der Waals surface area (Å²) in [7, 11) is 0. The van der Waals surface area contributed by atoms with Crippen molar-refractivity contribution in [3.8, 4) is 11.1 Å². The maximum atomic E-state index is 13.1. The van der Waals surface area contributed by atoms with E-state index in [2.05, 4.69) is 10.3 Å². The van der Waals surface area contributed by atoms with Gasteiger partial charge in [-0.3, -0.25) is 9.78 Å². The number of hydrogen-bond acceptors (Lipinski definition) is 3. The summed E-state index contributed by atoms with van der Waals surface area (Å²) >= 11 is 6.35. The number of pyridine rings is 1. The van der Waals surface area contributed by atoms with Gasteiger partial charge in [-0.15, -0.1) is 0 Å². The van der Waals surface area contributed by atoms with Gasteiger partial charge in [0.2, 0.25) is 5.91 Å². The second-order valence-electron chi connectivity index (χ2n) is 7.64. The quantitative estimate of drug-likeness (QED) is 0.396. The lowest BCUT2D eigenvalue weighted by Crippen LogP contribution is -2.41. The molecule has 1 aromatic heterocycles. The van der Waals surface area contributed by atoms with E-state index in [1.807, 2.05) is 91.9 Å². The minimum absolute atomic E-state index is 0.244. The Labute approximate surface area is 193 Å². The van der Waals surface area contributed by atoms with Crippen LogP contribution in [0.4, 0.5) is 5.69 Å². The highest BCUT2D eigenvalue weighted by Gasteiger charge is 2.27. The molecule has 3 aromatic carbocycles. The summed E-state index contributed by atoms with van der Waals surface area (Å²) in [6.45, 7) is 1.92. The molecule has 0 saturated heterocycles. The van der Waals surface area contributed by atoms with Crippen LogP contribution in [0.3, 0.4) is 0 Å². The molecule has 1 atom stereocenters. The summed E-state index contributed by atoms with van der Waals surface area (Å²) in [4.78, 5) is 17.4. The molecule has 4 nitrogen and oxygen atoms in total. The number of amides is 1. The topological polar surface area (TPSA) is 68.0 Å². The molecule has 3 N–H and O–H groups in total. The number of benzene rings is 3. The predicted octanol–water partition coefficient (Wildman–Crippen LogP) is 5.81. The van der Waals surface area contributed by atoms with Crippen LogP contribution in [-0.2, 0) is 4.79 Å². The highest BCUT2D eigenvalue weighted by molar-refractivity contribution is 6.33. The summed E-state index contributed by atoms with van der Waals surface area (Å²) in [6, 6.07) is 28.3. The van der Waals surface area contributed by atoms with Gasteiger partial charge in [-0.1, -0.05) is 84.4 Å². The van der Waals surface area contributed by atoms with Crippen LogP contribution in [-0.4, -0.2) is 16.9 Å². The average molecular weight is 442 g/mol. The van der Waals surface area contributed by atoms with Crippen molar-refractivity contribution in [3.63, 3.8) is 0 Å². The van der Waals surface area contributed by atoms with Gasteiger partial charge < -0.3 is 11.1 Å². The van der Waals surface area contributed by atoms with Gasteiger partial charge in [0, 0.05) is 29.1 Å². The van der Waals surface area contributed by atoms with Crippen LogP contribution in [0.1, 0.15) is 22.7 Å². The molecule has 0 fully saturated rings. The normalized spacial score (nSPS) is 11.9. The Hall–Kier alpha value is -3.47. The molecule has 0 aliphatic carbocycles. The van der Waals surface area contributed by atoms with Gasteiger partial charge in [-0.2, -0.15) is 0 Å². The first-order valence-electron chi connectivity index (χ1n) is 10.4. The van der Waals surface area contributed by atoms with Gasteiger partial charge in [0.1, 0.15) is 0 Å². The molecule has 1 heterocycles. The molecule has 1 unspecified atom stereocenters. The first-order chi connectivity index (χ1) is 15.5. The minimum atomic E-state index is -0.755. The average Bonchev–Trinajstić information content (AvgIpc) is 2.81. The number of aryl methyl sites for hydroxylation is 1. The third-order valence-corrected chi connectivity index (χ3v) is 5.83. The fourth-order valence-corrected chi connectivity index (χ4v) is 4.21. The largest absolute Gasteiger partial charge is 0.325 e. The number of nitrogens with two attached hydrogens (primary N) is 1. The molecule has 0 spiro atoms. The monoisotopic (exact) mass is 441 g/mol. The zero-order chi connectivity index (χ0) is 22.5. The molecule has 0 bridgehead atoms. The number of nitrogens with zero attached hydrogens (tertiary/aromatic N) is 1. The molecule has 160 valence electrons. The van der Waals surface area contributed by atoms with E-state index in [0.717, 1.165) is 27.9 Å². The Morgan fingerprint density at radius 3 is 1.97 bits per heavy atom. The van der Waals surface area contributed by atoms with Crippen LogP contribution < -0.4 is 11.1 Å². The molecule has 0 saturated carbocycles. The van der Waals surface area contributed by atoms with Crippen LogP contribution >= 0.6 is 11.6 Å². The number of carbonyl (C=O) groups excluding carboxylic acids is 1. The van der Waals surface area contributed by atoms with E-state index < -0.39 is 6.04 Å². The van der Waals surface area contributed by atoms with Crippen LogP contribution in [0.15, 0.2) is 97.2 Å². The van der Waals surface area contributed by atoms with Crippen LogP contribution in [0.25, 0.3) is 11.1 Å². The van der Waals surface area contributed by atoms with Gasteiger partial charge in [0.15, 0.2) is 0 Å². The molecular formula is C27H24ClN3O. The van der Waals surface area contributed by atoms with Crippen molar-refractivity contribution in [1.29, 1.82) is 0 Å². The lowest BCUT2D eigenvalue weighted by molar-refractivity contribution is -0.117. The van der Waals surface area contributed by atoms with E-state index in [1.165, 1.54) is 0 Å². The standard InChI is InChI=1S/C27H24ClN3O/c1-18-24(23(28)16-17-30-18)21-12-14-22(15-13-21)31-27(32)26(29)25(19-8-4-2-5-9-19)20-10-6-3-7-11-20/h2-17,25-26H,29H2,1H3,(H,31,32). The first kappa shape index (κ1) is 21.8. The van der Waals surface area contributed by atoms with E-state index in [0.29, 0.717) is 10.7 Å². The fraction of sp³-hybridized carbons (Fsp3) is 0.111. The Morgan fingerprint density at radius 2 is 1.44 bits per heavy atom. The molecule has 32 heavy (non-hydrogen) atoms. The summed E-state index contributed by atoms with van der Waals surface area (Å²) in [5.74, 6) is -0.500. The zero-order valence-corrected chi connectivity index (χ0v) is 18.5. The Bertz CT molecular complexity index is 1140.